The number of benzene rings is 1. The van der Waals surface area contributed by atoms with Crippen molar-refractivity contribution in [2.24, 2.45) is 12.0 Å². The van der Waals surface area contributed by atoms with Gasteiger partial charge in [0.1, 0.15) is 0 Å². The number of hydrogen-bond donors (Lipinski definition) is 1. The zero-order chi connectivity index (χ0) is 20.1. The Morgan fingerprint density at radius 3 is 2.48 bits per heavy atom. The first-order valence-electron chi connectivity index (χ1n) is 9.44. The van der Waals surface area contributed by atoms with Crippen molar-refractivity contribution in [1.29, 1.82) is 0 Å². The Bertz CT molecular complexity index is 788. The molecule has 0 aliphatic rings. The number of aromatic nitrogens is 2. The molecule has 1 heterocycles. The Balaban J connectivity index is 2.05. The van der Waals surface area contributed by atoms with Crippen LogP contribution in [0.4, 0.5) is 5.69 Å². The molecule has 1 N–H and O–H groups in total. The second-order valence-corrected chi connectivity index (χ2v) is 7.63. The van der Waals surface area contributed by atoms with Gasteiger partial charge in [0.2, 0.25) is 0 Å². The van der Waals surface area contributed by atoms with Gasteiger partial charge in [-0.2, -0.15) is 5.10 Å². The van der Waals surface area contributed by atoms with E-state index in [1.165, 1.54) is 22.4 Å². The number of guanidine groups is 1. The summed E-state index contributed by atoms with van der Waals surface area (Å²) in [5, 5.41) is 8.09. The van der Waals surface area contributed by atoms with Crippen molar-refractivity contribution in [3.05, 3.63) is 46.8 Å². The van der Waals surface area contributed by atoms with Gasteiger partial charge in [-0.1, -0.05) is 19.9 Å². The highest BCUT2D eigenvalue weighted by Crippen LogP contribution is 2.19. The van der Waals surface area contributed by atoms with Crippen LogP contribution in [0.5, 0.6) is 0 Å². The molecule has 0 spiro atoms. The van der Waals surface area contributed by atoms with Crippen LogP contribution < -0.4 is 10.2 Å². The molecule has 1 aromatic heterocycles. The lowest BCUT2D eigenvalue weighted by molar-refractivity contribution is 0.473. The van der Waals surface area contributed by atoms with Gasteiger partial charge < -0.3 is 15.1 Å². The van der Waals surface area contributed by atoms with E-state index >= 15 is 0 Å². The molecule has 27 heavy (non-hydrogen) atoms. The lowest BCUT2D eigenvalue weighted by atomic mass is 10.1. The van der Waals surface area contributed by atoms with Gasteiger partial charge in [-0.05, 0) is 36.1 Å². The fourth-order valence-corrected chi connectivity index (χ4v) is 3.21. The molecule has 0 radical (unpaired) electrons. The Morgan fingerprint density at radius 1 is 1.22 bits per heavy atom. The molecular formula is C21H34N6. The normalized spacial score (nSPS) is 11.8. The maximum absolute atomic E-state index is 4.60. The SMILES string of the molecule is CN=C(NCc1ccc(N(C)C)cc1C)N(C)Cc1cn(C)nc1C(C)C. The van der Waals surface area contributed by atoms with E-state index in [9.17, 15) is 0 Å². The second kappa shape index (κ2) is 8.93. The number of aryl methyl sites for hydroxylation is 2. The van der Waals surface area contributed by atoms with Crippen molar-refractivity contribution >= 4 is 11.6 Å². The summed E-state index contributed by atoms with van der Waals surface area (Å²) in [6.07, 6.45) is 2.10. The molecule has 2 aromatic rings. The van der Waals surface area contributed by atoms with E-state index in [1.807, 2.05) is 18.8 Å². The van der Waals surface area contributed by atoms with Gasteiger partial charge in [0.05, 0.1) is 5.69 Å². The van der Waals surface area contributed by atoms with Gasteiger partial charge >= 0.3 is 0 Å². The predicted octanol–water partition coefficient (Wildman–Crippen LogP) is 3.13. The lowest BCUT2D eigenvalue weighted by Crippen LogP contribution is -2.38. The van der Waals surface area contributed by atoms with Crippen LogP contribution in [-0.4, -0.2) is 48.8 Å². The van der Waals surface area contributed by atoms with Crippen molar-refractivity contribution < 1.29 is 0 Å². The van der Waals surface area contributed by atoms with Crippen molar-refractivity contribution in [3.63, 3.8) is 0 Å². The summed E-state index contributed by atoms with van der Waals surface area (Å²) in [5.74, 6) is 1.28. The first-order chi connectivity index (χ1) is 12.7. The molecule has 1 aromatic carbocycles. The molecule has 148 valence electrons. The van der Waals surface area contributed by atoms with Gasteiger partial charge in [-0.15, -0.1) is 0 Å². The summed E-state index contributed by atoms with van der Waals surface area (Å²) in [5.41, 5.74) is 6.16. The number of nitrogens with zero attached hydrogens (tertiary/aromatic N) is 5. The maximum atomic E-state index is 4.60. The predicted molar refractivity (Wildman–Crippen MR) is 114 cm³/mol. The highest BCUT2D eigenvalue weighted by Gasteiger charge is 2.15. The first kappa shape index (κ1) is 20.8. The fraction of sp³-hybridized carbons (Fsp3) is 0.524. The molecule has 2 rings (SSSR count). The Hall–Kier alpha value is -2.50. The fourth-order valence-electron chi connectivity index (χ4n) is 3.21. The maximum Gasteiger partial charge on any atom is 0.193 e. The minimum absolute atomic E-state index is 0.405. The van der Waals surface area contributed by atoms with E-state index in [0.29, 0.717) is 5.92 Å². The number of anilines is 1. The van der Waals surface area contributed by atoms with Crippen LogP contribution >= 0.6 is 0 Å². The van der Waals surface area contributed by atoms with Gasteiger partial charge in [0, 0.05) is 65.8 Å². The quantitative estimate of drug-likeness (QED) is 0.627. The van der Waals surface area contributed by atoms with E-state index in [0.717, 1.165) is 24.7 Å². The average molecular weight is 371 g/mol. The van der Waals surface area contributed by atoms with Crippen LogP contribution in [0.3, 0.4) is 0 Å². The zero-order valence-corrected chi connectivity index (χ0v) is 18.0. The van der Waals surface area contributed by atoms with E-state index in [1.54, 1.807) is 0 Å². The molecular weight excluding hydrogens is 336 g/mol. The lowest BCUT2D eigenvalue weighted by Gasteiger charge is -2.23. The molecule has 0 bridgehead atoms. The van der Waals surface area contributed by atoms with Crippen LogP contribution in [0.1, 0.15) is 42.1 Å². The molecule has 0 aliphatic heterocycles. The van der Waals surface area contributed by atoms with E-state index in [2.05, 4.69) is 91.5 Å². The topological polar surface area (TPSA) is 48.7 Å². The third-order valence-electron chi connectivity index (χ3n) is 4.74. The van der Waals surface area contributed by atoms with Crippen molar-refractivity contribution in [1.82, 2.24) is 20.0 Å². The third-order valence-corrected chi connectivity index (χ3v) is 4.74. The van der Waals surface area contributed by atoms with Crippen LogP contribution in [0.2, 0.25) is 0 Å². The monoisotopic (exact) mass is 370 g/mol. The van der Waals surface area contributed by atoms with Gasteiger partial charge in [0.25, 0.3) is 0 Å². The van der Waals surface area contributed by atoms with Gasteiger partial charge in [0.15, 0.2) is 5.96 Å². The summed E-state index contributed by atoms with van der Waals surface area (Å²) in [6, 6.07) is 6.55. The molecule has 6 nitrogen and oxygen atoms in total. The molecule has 6 heteroatoms. The van der Waals surface area contributed by atoms with Crippen LogP contribution in [0.15, 0.2) is 29.4 Å². The summed E-state index contributed by atoms with van der Waals surface area (Å²) in [6.45, 7) is 8.04. The standard InChI is InChI=1S/C21H34N6/c1-15(2)20-18(14-27(8)24-20)13-26(7)21(22-4)23-12-17-9-10-19(25(5)6)11-16(17)3/h9-11,14-15H,12-13H2,1-8H3,(H,22,23). The minimum atomic E-state index is 0.405. The second-order valence-electron chi connectivity index (χ2n) is 7.63. The number of hydrogen-bond acceptors (Lipinski definition) is 3. The highest BCUT2D eigenvalue weighted by molar-refractivity contribution is 5.79. The zero-order valence-electron chi connectivity index (χ0n) is 18.0. The summed E-state index contributed by atoms with van der Waals surface area (Å²) >= 11 is 0. The van der Waals surface area contributed by atoms with Gasteiger partial charge in [-0.3, -0.25) is 9.67 Å². The number of rotatable bonds is 6. The molecule has 0 aliphatic carbocycles. The minimum Gasteiger partial charge on any atom is -0.378 e. The Morgan fingerprint density at radius 2 is 1.93 bits per heavy atom. The number of nitrogens with one attached hydrogen (secondary N) is 1. The largest absolute Gasteiger partial charge is 0.378 e. The smallest absolute Gasteiger partial charge is 0.193 e. The Kier molecular flexibility index (Phi) is 6.88. The molecule has 0 fully saturated rings. The molecule has 0 saturated carbocycles. The van der Waals surface area contributed by atoms with Crippen molar-refractivity contribution in [2.75, 3.05) is 33.1 Å². The summed E-state index contributed by atoms with van der Waals surface area (Å²) in [4.78, 5) is 8.72. The third kappa shape index (κ3) is 5.25. The number of aliphatic imine (C=N–C) groups is 1. The van der Waals surface area contributed by atoms with Crippen LogP contribution in [0, 0.1) is 6.92 Å². The average Bonchev–Trinajstić information content (AvgIpc) is 2.97. The summed E-state index contributed by atoms with van der Waals surface area (Å²) in [7, 11) is 9.99. The van der Waals surface area contributed by atoms with E-state index in [-0.39, 0.29) is 0 Å². The van der Waals surface area contributed by atoms with Crippen LogP contribution in [0.25, 0.3) is 0 Å². The first-order valence-corrected chi connectivity index (χ1v) is 9.44. The molecule has 0 saturated heterocycles. The van der Waals surface area contributed by atoms with E-state index < -0.39 is 0 Å². The highest BCUT2D eigenvalue weighted by atomic mass is 15.3. The van der Waals surface area contributed by atoms with Crippen molar-refractivity contribution in [3.8, 4) is 0 Å². The Labute approximate surface area is 163 Å². The molecule has 0 unspecified atom stereocenters. The van der Waals surface area contributed by atoms with Gasteiger partial charge in [-0.25, -0.2) is 0 Å². The van der Waals surface area contributed by atoms with Crippen molar-refractivity contribution in [2.45, 2.75) is 39.8 Å². The summed E-state index contributed by atoms with van der Waals surface area (Å²) < 4.78 is 1.89. The van der Waals surface area contributed by atoms with E-state index in [4.69, 9.17) is 0 Å². The molecule has 0 amide bonds. The molecule has 0 atom stereocenters. The van der Waals surface area contributed by atoms with Crippen LogP contribution in [-0.2, 0) is 20.1 Å².